The molecule has 1 heterocycles. The number of amides is 1. The highest BCUT2D eigenvalue weighted by Crippen LogP contribution is 2.34. The van der Waals surface area contributed by atoms with Gasteiger partial charge < -0.3 is 5.32 Å². The van der Waals surface area contributed by atoms with Crippen LogP contribution in [0, 0.1) is 12.3 Å². The van der Waals surface area contributed by atoms with Gasteiger partial charge in [0.05, 0.1) is 21.8 Å². The van der Waals surface area contributed by atoms with Gasteiger partial charge in [0.25, 0.3) is 0 Å². The zero-order valence-electron chi connectivity index (χ0n) is 10.1. The van der Waals surface area contributed by atoms with E-state index in [4.69, 9.17) is 0 Å². The molecule has 0 radical (unpaired) electrons. The Morgan fingerprint density at radius 2 is 1.94 bits per heavy atom. The summed E-state index contributed by atoms with van der Waals surface area (Å²) in [5.74, 6) is -0.420. The fourth-order valence-electron chi connectivity index (χ4n) is 1.96. The summed E-state index contributed by atoms with van der Waals surface area (Å²) in [4.78, 5) is 12.2. The molecule has 17 heavy (non-hydrogen) atoms. The minimum Gasteiger partial charge on any atom is -0.324 e. The maximum atomic E-state index is 12.2. The third-order valence-electron chi connectivity index (χ3n) is 2.97. The van der Waals surface area contributed by atoms with Crippen molar-refractivity contribution < 1.29 is 13.2 Å². The van der Waals surface area contributed by atoms with Crippen molar-refractivity contribution in [3.63, 3.8) is 0 Å². The van der Waals surface area contributed by atoms with E-state index in [1.54, 1.807) is 39.0 Å². The number of carbonyl (C=O) groups is 1. The van der Waals surface area contributed by atoms with Crippen molar-refractivity contribution in [2.45, 2.75) is 25.7 Å². The second-order valence-corrected chi connectivity index (χ2v) is 7.00. The molecule has 1 N–H and O–H groups in total. The summed E-state index contributed by atoms with van der Waals surface area (Å²) in [7, 11) is -3.42. The van der Waals surface area contributed by atoms with Crippen LogP contribution in [0.2, 0.25) is 0 Å². The van der Waals surface area contributed by atoms with Crippen LogP contribution >= 0.6 is 0 Å². The van der Waals surface area contributed by atoms with E-state index >= 15 is 0 Å². The molecule has 0 saturated carbocycles. The summed E-state index contributed by atoms with van der Waals surface area (Å²) in [5, 5.41) is 2.72. The minimum absolute atomic E-state index is 0.164. The third-order valence-corrected chi connectivity index (χ3v) is 5.09. The van der Waals surface area contributed by atoms with Crippen LogP contribution < -0.4 is 5.32 Å². The molecular weight excluding hydrogens is 238 g/mol. The van der Waals surface area contributed by atoms with Gasteiger partial charge in [-0.25, -0.2) is 8.42 Å². The van der Waals surface area contributed by atoms with Crippen molar-refractivity contribution in [1.82, 2.24) is 0 Å². The average molecular weight is 253 g/mol. The molecular formula is C12H15NO3S. The lowest BCUT2D eigenvalue weighted by atomic mass is 9.95. The van der Waals surface area contributed by atoms with E-state index in [1.807, 2.05) is 0 Å². The summed E-state index contributed by atoms with van der Waals surface area (Å²) in [6.07, 6.45) is 0. The highest BCUT2D eigenvalue weighted by Gasteiger charge is 2.39. The molecule has 0 aliphatic carbocycles. The molecule has 0 spiro atoms. The number of aryl methyl sites for hydroxylation is 1. The van der Waals surface area contributed by atoms with Gasteiger partial charge in [0.1, 0.15) is 0 Å². The van der Waals surface area contributed by atoms with Crippen molar-refractivity contribution in [1.29, 1.82) is 0 Å². The Bertz CT molecular complexity index is 588. The standard InChI is InChI=1S/C12H15NO3S/c1-8-5-4-6-9-10(8)13-11(14)12(2,3)7-17(9,15)16/h4-6H,7H2,1-3H3,(H,13,14). The Labute approximate surface area is 101 Å². The Morgan fingerprint density at radius 1 is 1.29 bits per heavy atom. The topological polar surface area (TPSA) is 63.2 Å². The van der Waals surface area contributed by atoms with Gasteiger partial charge in [-0.2, -0.15) is 0 Å². The van der Waals surface area contributed by atoms with E-state index < -0.39 is 15.3 Å². The predicted molar refractivity (Wildman–Crippen MR) is 65.6 cm³/mol. The Kier molecular flexibility index (Phi) is 2.54. The first-order valence-corrected chi connectivity index (χ1v) is 7.03. The zero-order chi connectivity index (χ0) is 12.8. The predicted octanol–water partition coefficient (Wildman–Crippen LogP) is 1.75. The highest BCUT2D eigenvalue weighted by atomic mass is 32.2. The van der Waals surface area contributed by atoms with E-state index in [-0.39, 0.29) is 16.6 Å². The lowest BCUT2D eigenvalue weighted by molar-refractivity contribution is -0.122. The first-order chi connectivity index (χ1) is 7.74. The monoisotopic (exact) mass is 253 g/mol. The number of nitrogens with one attached hydrogen (secondary N) is 1. The van der Waals surface area contributed by atoms with Gasteiger partial charge in [-0.15, -0.1) is 0 Å². The quantitative estimate of drug-likeness (QED) is 0.766. The van der Waals surface area contributed by atoms with Gasteiger partial charge >= 0.3 is 0 Å². The number of rotatable bonds is 0. The van der Waals surface area contributed by atoms with Crippen LogP contribution in [0.25, 0.3) is 0 Å². The number of anilines is 1. The fraction of sp³-hybridized carbons (Fsp3) is 0.417. The molecule has 1 aromatic rings. The van der Waals surface area contributed by atoms with Crippen LogP contribution in [0.1, 0.15) is 19.4 Å². The van der Waals surface area contributed by atoms with E-state index in [2.05, 4.69) is 5.32 Å². The van der Waals surface area contributed by atoms with Crippen LogP contribution in [-0.2, 0) is 14.6 Å². The van der Waals surface area contributed by atoms with Crippen molar-refractivity contribution >= 4 is 21.4 Å². The number of hydrogen-bond donors (Lipinski definition) is 1. The average Bonchev–Trinajstić information content (AvgIpc) is 2.24. The first-order valence-electron chi connectivity index (χ1n) is 5.38. The molecule has 0 atom stereocenters. The zero-order valence-corrected chi connectivity index (χ0v) is 10.9. The normalized spacial score (nSPS) is 21.2. The Balaban J connectivity index is 2.73. The van der Waals surface area contributed by atoms with Crippen LogP contribution in [0.3, 0.4) is 0 Å². The molecule has 2 rings (SSSR count). The van der Waals surface area contributed by atoms with Crippen molar-refractivity contribution in [2.75, 3.05) is 11.1 Å². The summed E-state index contributed by atoms with van der Waals surface area (Å²) in [6.45, 7) is 5.06. The first kappa shape index (κ1) is 12.1. The van der Waals surface area contributed by atoms with Gasteiger partial charge in [-0.3, -0.25) is 4.79 Å². The van der Waals surface area contributed by atoms with E-state index in [0.717, 1.165) is 5.56 Å². The second kappa shape index (κ2) is 3.57. The number of fused-ring (bicyclic) bond motifs is 1. The van der Waals surface area contributed by atoms with Crippen LogP contribution in [0.4, 0.5) is 5.69 Å². The molecule has 92 valence electrons. The van der Waals surface area contributed by atoms with Crippen molar-refractivity contribution in [2.24, 2.45) is 5.41 Å². The number of hydrogen-bond acceptors (Lipinski definition) is 3. The fourth-order valence-corrected chi connectivity index (χ4v) is 4.01. The number of carbonyl (C=O) groups excluding carboxylic acids is 1. The van der Waals surface area contributed by atoms with Crippen LogP contribution in [0.15, 0.2) is 23.1 Å². The third kappa shape index (κ3) is 1.95. The molecule has 0 saturated heterocycles. The van der Waals surface area contributed by atoms with E-state index in [9.17, 15) is 13.2 Å². The van der Waals surface area contributed by atoms with Crippen molar-refractivity contribution in [3.8, 4) is 0 Å². The van der Waals surface area contributed by atoms with Gasteiger partial charge in [-0.05, 0) is 18.6 Å². The molecule has 5 heteroatoms. The molecule has 0 unspecified atom stereocenters. The molecule has 0 bridgehead atoms. The summed E-state index contributed by atoms with van der Waals surface area (Å²) >= 11 is 0. The SMILES string of the molecule is Cc1cccc2c1NC(=O)C(C)(C)CS2(=O)=O. The lowest BCUT2D eigenvalue weighted by Gasteiger charge is -2.19. The smallest absolute Gasteiger partial charge is 0.231 e. The maximum Gasteiger partial charge on any atom is 0.231 e. The second-order valence-electron chi connectivity index (χ2n) is 5.05. The van der Waals surface area contributed by atoms with Crippen LogP contribution in [-0.4, -0.2) is 20.1 Å². The summed E-state index contributed by atoms with van der Waals surface area (Å²) in [6, 6.07) is 5.02. The summed E-state index contributed by atoms with van der Waals surface area (Å²) in [5.41, 5.74) is 0.268. The maximum absolute atomic E-state index is 12.2. The molecule has 1 aliphatic heterocycles. The highest BCUT2D eigenvalue weighted by molar-refractivity contribution is 7.91. The number of para-hydroxylation sites is 1. The summed E-state index contributed by atoms with van der Waals surface area (Å²) < 4.78 is 24.4. The largest absolute Gasteiger partial charge is 0.324 e. The Hall–Kier alpha value is -1.36. The number of sulfone groups is 1. The minimum atomic E-state index is -3.42. The molecule has 0 fully saturated rings. The Morgan fingerprint density at radius 3 is 2.59 bits per heavy atom. The van der Waals surface area contributed by atoms with Gasteiger partial charge in [0, 0.05) is 0 Å². The molecule has 4 nitrogen and oxygen atoms in total. The molecule has 1 aliphatic rings. The number of benzene rings is 1. The van der Waals surface area contributed by atoms with Crippen molar-refractivity contribution in [3.05, 3.63) is 23.8 Å². The van der Waals surface area contributed by atoms with E-state index in [0.29, 0.717) is 5.69 Å². The van der Waals surface area contributed by atoms with Crippen LogP contribution in [0.5, 0.6) is 0 Å². The molecule has 1 aromatic carbocycles. The van der Waals surface area contributed by atoms with E-state index in [1.165, 1.54) is 0 Å². The van der Waals surface area contributed by atoms with Gasteiger partial charge in [-0.1, -0.05) is 26.0 Å². The lowest BCUT2D eigenvalue weighted by Crippen LogP contribution is -2.34. The molecule has 1 amide bonds. The molecule has 0 aromatic heterocycles. The van der Waals surface area contributed by atoms with Gasteiger partial charge in [0.15, 0.2) is 9.84 Å². The van der Waals surface area contributed by atoms with Gasteiger partial charge in [0.2, 0.25) is 5.91 Å².